The zero-order valence-electron chi connectivity index (χ0n) is 23.6. The molecule has 4 aliphatic carbocycles. The molecule has 6 nitrogen and oxygen atoms in total. The number of benzene rings is 4. The third kappa shape index (κ3) is 5.12. The summed E-state index contributed by atoms with van der Waals surface area (Å²) in [6.45, 7) is 3.43. The van der Waals surface area contributed by atoms with Gasteiger partial charge in [0, 0.05) is 23.9 Å². The van der Waals surface area contributed by atoms with E-state index in [1.54, 1.807) is 0 Å². The highest BCUT2D eigenvalue weighted by Gasteiger charge is 2.57. The molecule has 0 aromatic heterocycles. The van der Waals surface area contributed by atoms with Gasteiger partial charge in [0.1, 0.15) is 0 Å². The highest BCUT2D eigenvalue weighted by Crippen LogP contribution is 2.64. The van der Waals surface area contributed by atoms with Crippen LogP contribution in [0.1, 0.15) is 44.1 Å². The minimum absolute atomic E-state index is 0.102. The smallest absolute Gasteiger partial charge is 0.319 e. The SMILES string of the molecule is Cc1ccc2cccc(NC(=O)NCC34CC5CC(CC(CNC(=O)Nc6cccc7ccccc67)(C5)C3)C4)c2c1. The second-order valence-corrected chi connectivity index (χ2v) is 13.1. The first-order valence-corrected chi connectivity index (χ1v) is 14.9. The van der Waals surface area contributed by atoms with E-state index in [0.29, 0.717) is 24.9 Å². The van der Waals surface area contributed by atoms with E-state index < -0.39 is 0 Å². The van der Waals surface area contributed by atoms with Crippen LogP contribution in [-0.2, 0) is 0 Å². The lowest BCUT2D eigenvalue weighted by Gasteiger charge is -2.62. The van der Waals surface area contributed by atoms with Crippen LogP contribution in [0.3, 0.4) is 0 Å². The van der Waals surface area contributed by atoms with Crippen LogP contribution in [0.25, 0.3) is 21.5 Å². The molecule has 0 saturated heterocycles. The van der Waals surface area contributed by atoms with Gasteiger partial charge in [-0.05, 0) is 97.1 Å². The summed E-state index contributed by atoms with van der Waals surface area (Å²) in [7, 11) is 0. The molecule has 4 saturated carbocycles. The molecular weight excluding hydrogens is 508 g/mol. The fourth-order valence-electron chi connectivity index (χ4n) is 8.76. The number of hydrogen-bond donors (Lipinski definition) is 4. The molecule has 4 N–H and O–H groups in total. The lowest BCUT2D eigenvalue weighted by molar-refractivity contribution is -0.105. The molecule has 4 fully saturated rings. The number of aryl methyl sites for hydroxylation is 1. The number of carbonyl (C=O) groups is 2. The number of urea groups is 2. The first-order valence-electron chi connectivity index (χ1n) is 14.9. The second kappa shape index (κ2) is 10.1. The Bertz CT molecular complexity index is 1630. The normalized spacial score (nSPS) is 26.2. The largest absolute Gasteiger partial charge is 0.337 e. The van der Waals surface area contributed by atoms with E-state index in [1.165, 1.54) is 37.7 Å². The number of anilines is 2. The standard InChI is InChI=1S/C35H38N4O2/c1-23-12-13-27-8-5-11-31(29(27)14-23)39-33(41)37-22-35-18-24-15-25(19-35)17-34(16-24,20-35)21-36-32(40)38-30-10-4-7-26-6-2-3-9-28(26)30/h2-14,24-25H,15-22H2,1H3,(H2,36,38,40)(H2,37,39,41). The highest BCUT2D eigenvalue weighted by atomic mass is 16.2. The van der Waals surface area contributed by atoms with E-state index >= 15 is 0 Å². The summed E-state index contributed by atoms with van der Waals surface area (Å²) in [6, 6.07) is 26.2. The van der Waals surface area contributed by atoms with Crippen molar-refractivity contribution in [3.8, 4) is 0 Å². The Kier molecular flexibility index (Phi) is 6.37. The molecule has 4 aliphatic rings. The van der Waals surface area contributed by atoms with E-state index in [0.717, 1.165) is 39.3 Å². The van der Waals surface area contributed by atoms with Crippen molar-refractivity contribution in [1.29, 1.82) is 0 Å². The Morgan fingerprint density at radius 3 is 1.85 bits per heavy atom. The van der Waals surface area contributed by atoms with Crippen LogP contribution < -0.4 is 21.3 Å². The monoisotopic (exact) mass is 546 g/mol. The van der Waals surface area contributed by atoms with Crippen LogP contribution in [0, 0.1) is 29.6 Å². The zero-order chi connectivity index (χ0) is 28.0. The minimum Gasteiger partial charge on any atom is -0.337 e. The van der Waals surface area contributed by atoms with Gasteiger partial charge in [0.15, 0.2) is 0 Å². The first kappa shape index (κ1) is 25.9. The fourth-order valence-corrected chi connectivity index (χ4v) is 8.76. The summed E-state index contributed by atoms with van der Waals surface area (Å²) >= 11 is 0. The average molecular weight is 547 g/mol. The third-order valence-electron chi connectivity index (χ3n) is 9.87. The molecule has 0 aliphatic heterocycles. The Hall–Kier alpha value is -4.06. The molecule has 8 rings (SSSR count). The van der Waals surface area contributed by atoms with Gasteiger partial charge in [-0.2, -0.15) is 0 Å². The summed E-state index contributed by atoms with van der Waals surface area (Å²) in [4.78, 5) is 26.2. The van der Waals surface area contributed by atoms with Gasteiger partial charge in [0.2, 0.25) is 0 Å². The number of amides is 4. The lowest BCUT2D eigenvalue weighted by Crippen LogP contribution is -2.58. The van der Waals surface area contributed by atoms with Crippen molar-refractivity contribution in [1.82, 2.24) is 10.6 Å². The number of hydrogen-bond acceptors (Lipinski definition) is 2. The molecule has 4 amide bonds. The van der Waals surface area contributed by atoms with Crippen molar-refractivity contribution in [3.05, 3.63) is 84.4 Å². The van der Waals surface area contributed by atoms with Gasteiger partial charge >= 0.3 is 12.1 Å². The summed E-state index contributed by atoms with van der Waals surface area (Å²) in [5.74, 6) is 1.34. The molecule has 0 spiro atoms. The summed E-state index contributed by atoms with van der Waals surface area (Å²) in [5, 5.41) is 17.0. The van der Waals surface area contributed by atoms with Crippen molar-refractivity contribution < 1.29 is 9.59 Å². The molecule has 0 heterocycles. The highest BCUT2D eigenvalue weighted by molar-refractivity contribution is 6.02. The van der Waals surface area contributed by atoms with E-state index in [2.05, 4.69) is 64.6 Å². The summed E-state index contributed by atoms with van der Waals surface area (Å²) < 4.78 is 0. The number of fused-ring (bicyclic) bond motifs is 2. The van der Waals surface area contributed by atoms with Crippen LogP contribution in [0.2, 0.25) is 0 Å². The van der Waals surface area contributed by atoms with Crippen molar-refractivity contribution in [2.45, 2.75) is 45.4 Å². The van der Waals surface area contributed by atoms with Crippen LogP contribution in [0.15, 0.2) is 78.9 Å². The molecule has 41 heavy (non-hydrogen) atoms. The molecule has 2 unspecified atom stereocenters. The Balaban J connectivity index is 1.00. The van der Waals surface area contributed by atoms with Crippen LogP contribution in [0.4, 0.5) is 21.0 Å². The van der Waals surface area contributed by atoms with Gasteiger partial charge in [-0.15, -0.1) is 0 Å². The maximum Gasteiger partial charge on any atom is 0.319 e. The predicted octanol–water partition coefficient (Wildman–Crippen LogP) is 7.83. The maximum atomic E-state index is 13.1. The third-order valence-corrected chi connectivity index (χ3v) is 9.87. The van der Waals surface area contributed by atoms with Crippen LogP contribution >= 0.6 is 0 Å². The van der Waals surface area contributed by atoms with Crippen molar-refractivity contribution in [3.63, 3.8) is 0 Å². The Morgan fingerprint density at radius 1 is 0.683 bits per heavy atom. The average Bonchev–Trinajstić information content (AvgIpc) is 2.95. The number of carbonyl (C=O) groups excluding carboxylic acids is 2. The van der Waals surface area contributed by atoms with E-state index in [-0.39, 0.29) is 22.9 Å². The second-order valence-electron chi connectivity index (χ2n) is 13.1. The van der Waals surface area contributed by atoms with Gasteiger partial charge in [0.25, 0.3) is 0 Å². The number of nitrogens with one attached hydrogen (secondary N) is 4. The molecule has 4 aromatic carbocycles. The van der Waals surface area contributed by atoms with E-state index in [9.17, 15) is 9.59 Å². The fraction of sp³-hybridized carbons (Fsp3) is 0.371. The predicted molar refractivity (Wildman–Crippen MR) is 166 cm³/mol. The summed E-state index contributed by atoms with van der Waals surface area (Å²) in [6.07, 6.45) is 7.01. The van der Waals surface area contributed by atoms with E-state index in [1.807, 2.05) is 42.5 Å². The van der Waals surface area contributed by atoms with Gasteiger partial charge in [-0.3, -0.25) is 0 Å². The topological polar surface area (TPSA) is 82.3 Å². The Morgan fingerprint density at radius 2 is 1.22 bits per heavy atom. The summed E-state index contributed by atoms with van der Waals surface area (Å²) in [5.41, 5.74) is 3.05. The molecule has 6 heteroatoms. The zero-order valence-corrected chi connectivity index (χ0v) is 23.6. The first-order chi connectivity index (χ1) is 19.9. The minimum atomic E-state index is -0.144. The van der Waals surface area contributed by atoms with Gasteiger partial charge < -0.3 is 21.3 Å². The molecule has 210 valence electrons. The quantitative estimate of drug-likeness (QED) is 0.199. The lowest BCUT2D eigenvalue weighted by atomic mass is 9.44. The van der Waals surface area contributed by atoms with Gasteiger partial charge in [0.05, 0.1) is 11.4 Å². The van der Waals surface area contributed by atoms with Crippen LogP contribution in [-0.4, -0.2) is 25.2 Å². The molecular formula is C35H38N4O2. The van der Waals surface area contributed by atoms with Crippen molar-refractivity contribution in [2.24, 2.45) is 22.7 Å². The van der Waals surface area contributed by atoms with Crippen molar-refractivity contribution >= 4 is 45.0 Å². The maximum absolute atomic E-state index is 13.1. The molecule has 0 radical (unpaired) electrons. The van der Waals surface area contributed by atoms with Gasteiger partial charge in [-0.1, -0.05) is 66.2 Å². The number of rotatable bonds is 6. The molecule has 4 aromatic rings. The Labute approximate surface area is 241 Å². The van der Waals surface area contributed by atoms with Gasteiger partial charge in [-0.25, -0.2) is 9.59 Å². The van der Waals surface area contributed by atoms with E-state index in [4.69, 9.17) is 0 Å². The molecule has 2 atom stereocenters. The van der Waals surface area contributed by atoms with Crippen molar-refractivity contribution in [2.75, 3.05) is 23.7 Å². The van der Waals surface area contributed by atoms with Crippen LogP contribution in [0.5, 0.6) is 0 Å². The molecule has 4 bridgehead atoms.